The number of hydrogen-bond donors (Lipinski definition) is 2. The molecule has 0 heterocycles. The molecule has 0 spiro atoms. The molecule has 0 rings (SSSR count). The highest BCUT2D eigenvalue weighted by Crippen LogP contribution is 2.03. The van der Waals surface area contributed by atoms with Crippen molar-refractivity contribution in [1.29, 1.82) is 0 Å². The van der Waals surface area contributed by atoms with Crippen LogP contribution in [0.4, 0.5) is 0 Å². The van der Waals surface area contributed by atoms with Gasteiger partial charge in [0.05, 0.1) is 0 Å². The van der Waals surface area contributed by atoms with Crippen molar-refractivity contribution in [2.45, 2.75) is 58.0 Å². The molecular formula is C20H30O4. The monoisotopic (exact) mass is 334 g/mol. The molecule has 0 saturated heterocycles. The zero-order chi connectivity index (χ0) is 17.9. The van der Waals surface area contributed by atoms with E-state index < -0.39 is 5.97 Å². The highest BCUT2D eigenvalue weighted by atomic mass is 17.1. The maximum absolute atomic E-state index is 10.4. The highest BCUT2D eigenvalue weighted by Gasteiger charge is 2.00. The summed E-state index contributed by atoms with van der Waals surface area (Å²) in [5, 5.41) is 17.4. The van der Waals surface area contributed by atoms with Crippen molar-refractivity contribution in [2.75, 3.05) is 0 Å². The first kappa shape index (κ1) is 22.1. The first-order valence-electron chi connectivity index (χ1n) is 8.51. The van der Waals surface area contributed by atoms with E-state index in [2.05, 4.69) is 36.1 Å². The Kier molecular flexibility index (Phi) is 16.1. The van der Waals surface area contributed by atoms with Crippen molar-refractivity contribution in [3.8, 4) is 0 Å². The third-order valence-corrected chi connectivity index (χ3v) is 3.12. The molecule has 0 radical (unpaired) electrons. The van der Waals surface area contributed by atoms with Gasteiger partial charge in [0.2, 0.25) is 0 Å². The standard InChI is InChI=1S/C20H30O4/c1-2-3-4-5-6-7-8-9-10-13-16-19(24-23)17-14-11-12-15-18-20(21)22/h3-4,6-7,9-11,13-14,16,19,23H,2,5,8,12,15,17-18H2,1H3,(H,21,22)/b4-3-,7-6-,10-9-,14-11-,16-13+/t19-/m0/s1. The summed E-state index contributed by atoms with van der Waals surface area (Å²) in [6.07, 6.45) is 24.5. The summed E-state index contributed by atoms with van der Waals surface area (Å²) < 4.78 is 0. The minimum atomic E-state index is -0.776. The average Bonchev–Trinajstić information content (AvgIpc) is 2.57. The molecule has 0 aliphatic heterocycles. The lowest BCUT2D eigenvalue weighted by atomic mass is 10.2. The molecule has 134 valence electrons. The molecule has 0 amide bonds. The summed E-state index contributed by atoms with van der Waals surface area (Å²) >= 11 is 0. The predicted molar refractivity (Wildman–Crippen MR) is 98.8 cm³/mol. The minimum Gasteiger partial charge on any atom is -0.481 e. The van der Waals surface area contributed by atoms with Gasteiger partial charge >= 0.3 is 5.97 Å². The van der Waals surface area contributed by atoms with Crippen molar-refractivity contribution < 1.29 is 20.0 Å². The van der Waals surface area contributed by atoms with E-state index in [1.165, 1.54) is 0 Å². The number of allylic oxidation sites excluding steroid dienone is 8. The average molecular weight is 334 g/mol. The molecular weight excluding hydrogens is 304 g/mol. The highest BCUT2D eigenvalue weighted by molar-refractivity contribution is 5.66. The van der Waals surface area contributed by atoms with Gasteiger partial charge in [-0.05, 0) is 38.5 Å². The van der Waals surface area contributed by atoms with Gasteiger partial charge in [-0.15, -0.1) is 0 Å². The van der Waals surface area contributed by atoms with Gasteiger partial charge in [-0.3, -0.25) is 10.1 Å². The van der Waals surface area contributed by atoms with Crippen molar-refractivity contribution in [3.05, 3.63) is 60.8 Å². The number of rotatable bonds is 14. The number of carboxylic acids is 1. The largest absolute Gasteiger partial charge is 0.481 e. The van der Waals surface area contributed by atoms with Crippen LogP contribution >= 0.6 is 0 Å². The molecule has 0 aromatic carbocycles. The second kappa shape index (κ2) is 17.4. The fourth-order valence-corrected chi connectivity index (χ4v) is 1.83. The van der Waals surface area contributed by atoms with E-state index in [9.17, 15) is 4.79 Å². The normalized spacial score (nSPS) is 14.1. The Hall–Kier alpha value is -1.91. The van der Waals surface area contributed by atoms with Crippen LogP contribution in [0.5, 0.6) is 0 Å². The van der Waals surface area contributed by atoms with E-state index in [-0.39, 0.29) is 12.5 Å². The van der Waals surface area contributed by atoms with Gasteiger partial charge in [0, 0.05) is 6.42 Å². The summed E-state index contributed by atoms with van der Waals surface area (Å²) in [5.74, 6) is -0.776. The van der Waals surface area contributed by atoms with Crippen LogP contribution in [0.15, 0.2) is 60.8 Å². The fraction of sp³-hybridized carbons (Fsp3) is 0.450. The zero-order valence-corrected chi connectivity index (χ0v) is 14.5. The van der Waals surface area contributed by atoms with E-state index in [4.69, 9.17) is 10.4 Å². The molecule has 0 aliphatic carbocycles. The fourth-order valence-electron chi connectivity index (χ4n) is 1.83. The molecule has 0 unspecified atom stereocenters. The third-order valence-electron chi connectivity index (χ3n) is 3.12. The van der Waals surface area contributed by atoms with Crippen LogP contribution in [-0.4, -0.2) is 22.4 Å². The number of hydrogen-bond acceptors (Lipinski definition) is 3. The maximum atomic E-state index is 10.4. The minimum absolute atomic E-state index is 0.179. The molecule has 4 heteroatoms. The van der Waals surface area contributed by atoms with Crippen molar-refractivity contribution in [3.63, 3.8) is 0 Å². The van der Waals surface area contributed by atoms with Gasteiger partial charge in [0.1, 0.15) is 6.10 Å². The Morgan fingerprint density at radius 1 is 1.00 bits per heavy atom. The first-order chi connectivity index (χ1) is 11.7. The lowest BCUT2D eigenvalue weighted by Crippen LogP contribution is -2.04. The van der Waals surface area contributed by atoms with E-state index in [0.717, 1.165) is 19.3 Å². The zero-order valence-electron chi connectivity index (χ0n) is 14.5. The number of carbonyl (C=O) groups is 1. The predicted octanol–water partition coefficient (Wildman–Crippen LogP) is 5.46. The smallest absolute Gasteiger partial charge is 0.303 e. The van der Waals surface area contributed by atoms with Crippen LogP contribution in [0, 0.1) is 0 Å². The Bertz CT molecular complexity index is 445. The van der Waals surface area contributed by atoms with Gasteiger partial charge in [-0.1, -0.05) is 67.7 Å². The second-order valence-corrected chi connectivity index (χ2v) is 5.27. The molecule has 0 fully saturated rings. The third kappa shape index (κ3) is 16.5. The van der Waals surface area contributed by atoms with Gasteiger partial charge in [0.15, 0.2) is 0 Å². The quantitative estimate of drug-likeness (QED) is 0.145. The van der Waals surface area contributed by atoms with Crippen molar-refractivity contribution >= 4 is 5.97 Å². The van der Waals surface area contributed by atoms with Gasteiger partial charge in [-0.2, -0.15) is 0 Å². The molecule has 24 heavy (non-hydrogen) atoms. The van der Waals surface area contributed by atoms with Crippen LogP contribution in [0.2, 0.25) is 0 Å². The summed E-state index contributed by atoms with van der Waals surface area (Å²) in [6.45, 7) is 2.12. The van der Waals surface area contributed by atoms with E-state index in [0.29, 0.717) is 19.3 Å². The van der Waals surface area contributed by atoms with Crippen LogP contribution in [0.3, 0.4) is 0 Å². The molecule has 0 aromatic rings. The molecule has 0 saturated carbocycles. The Morgan fingerprint density at radius 2 is 1.71 bits per heavy atom. The maximum Gasteiger partial charge on any atom is 0.303 e. The SMILES string of the molecule is CC/C=C\C/C=C\C/C=C\C=C\[C@@H](C/C=C\CCCC(=O)O)OO. The number of unbranched alkanes of at least 4 members (excludes halogenated alkanes) is 1. The van der Waals surface area contributed by atoms with E-state index >= 15 is 0 Å². The molecule has 0 aliphatic rings. The van der Waals surface area contributed by atoms with Crippen molar-refractivity contribution in [2.24, 2.45) is 0 Å². The molecule has 0 bridgehead atoms. The van der Waals surface area contributed by atoms with E-state index in [1.807, 2.05) is 30.4 Å². The summed E-state index contributed by atoms with van der Waals surface area (Å²) in [5.41, 5.74) is 0. The first-order valence-corrected chi connectivity index (χ1v) is 8.51. The molecule has 2 N–H and O–H groups in total. The second-order valence-electron chi connectivity index (χ2n) is 5.27. The molecule has 0 aromatic heterocycles. The lowest BCUT2D eigenvalue weighted by Gasteiger charge is -2.04. The summed E-state index contributed by atoms with van der Waals surface area (Å²) in [7, 11) is 0. The number of aliphatic carboxylic acids is 1. The molecule has 4 nitrogen and oxygen atoms in total. The van der Waals surface area contributed by atoms with Gasteiger partial charge < -0.3 is 5.11 Å². The summed E-state index contributed by atoms with van der Waals surface area (Å²) in [4.78, 5) is 14.7. The van der Waals surface area contributed by atoms with Crippen LogP contribution < -0.4 is 0 Å². The Morgan fingerprint density at radius 3 is 2.38 bits per heavy atom. The van der Waals surface area contributed by atoms with Crippen LogP contribution in [-0.2, 0) is 9.68 Å². The Labute approximate surface area is 145 Å². The number of carboxylic acid groups (broad SMARTS) is 1. The van der Waals surface area contributed by atoms with Gasteiger partial charge in [-0.25, -0.2) is 4.89 Å². The van der Waals surface area contributed by atoms with Crippen molar-refractivity contribution in [1.82, 2.24) is 0 Å². The van der Waals surface area contributed by atoms with Gasteiger partial charge in [0.25, 0.3) is 0 Å². The molecule has 1 atom stereocenters. The topological polar surface area (TPSA) is 66.8 Å². The van der Waals surface area contributed by atoms with Crippen LogP contribution in [0.1, 0.15) is 51.9 Å². The lowest BCUT2D eigenvalue weighted by molar-refractivity contribution is -0.264. The summed E-state index contributed by atoms with van der Waals surface area (Å²) in [6, 6.07) is 0. The van der Waals surface area contributed by atoms with E-state index in [1.54, 1.807) is 6.08 Å². The van der Waals surface area contributed by atoms with Crippen LogP contribution in [0.25, 0.3) is 0 Å². The Balaban J connectivity index is 3.86.